The molecule has 0 spiro atoms. The summed E-state index contributed by atoms with van der Waals surface area (Å²) in [5, 5.41) is 134. The molecule has 1 aromatic heterocycles. The summed E-state index contributed by atoms with van der Waals surface area (Å²) in [4.78, 5) is 14.1. The van der Waals surface area contributed by atoms with Gasteiger partial charge in [0.15, 0.2) is 17.3 Å². The van der Waals surface area contributed by atoms with E-state index in [9.17, 15) is 71.2 Å². The lowest BCUT2D eigenvalue weighted by Gasteiger charge is -2.41. The number of hydrogen-bond acceptors (Lipinski definition) is 22. The normalized spacial score (nSPS) is 36.3. The summed E-state index contributed by atoms with van der Waals surface area (Å²) in [6, 6.07) is 5.74. The van der Waals surface area contributed by atoms with E-state index in [0.29, 0.717) is 0 Å². The fourth-order valence-electron chi connectivity index (χ4n) is 6.37. The van der Waals surface area contributed by atoms with Gasteiger partial charge in [-0.05, 0) is 18.2 Å². The Labute approximate surface area is 314 Å². The summed E-state index contributed by atoms with van der Waals surface area (Å²) in [6.45, 7) is -2.49. The van der Waals surface area contributed by atoms with Crippen LogP contribution in [0.3, 0.4) is 0 Å². The molecule has 0 aliphatic carbocycles. The van der Waals surface area contributed by atoms with Crippen LogP contribution in [0.15, 0.2) is 39.5 Å². The third-order valence-corrected chi connectivity index (χ3v) is 9.61. The number of aliphatic hydroxyl groups is 12. The summed E-state index contributed by atoms with van der Waals surface area (Å²) in [5.74, 6) is -2.71. The van der Waals surface area contributed by atoms with Crippen molar-refractivity contribution >= 4 is 11.0 Å². The van der Waals surface area contributed by atoms with E-state index in [0.717, 1.165) is 18.2 Å². The lowest BCUT2D eigenvalue weighted by Crippen LogP contribution is -2.60. The first-order chi connectivity index (χ1) is 26.6. The van der Waals surface area contributed by atoms with Gasteiger partial charge in [0.1, 0.15) is 95.7 Å². The molecule has 4 heterocycles. The summed E-state index contributed by atoms with van der Waals surface area (Å²) in [5.41, 5.74) is -1.51. The van der Waals surface area contributed by atoms with E-state index in [1.54, 1.807) is 0 Å². The van der Waals surface area contributed by atoms with Gasteiger partial charge in [0.25, 0.3) is 0 Å². The molecule has 3 saturated heterocycles. The van der Waals surface area contributed by atoms with Crippen molar-refractivity contribution in [1.82, 2.24) is 0 Å². The van der Waals surface area contributed by atoms with Crippen LogP contribution >= 0.6 is 0 Å². The number of phenolic OH excluding ortho intramolecular Hbond substituents is 1. The van der Waals surface area contributed by atoms with Crippen LogP contribution in [0.4, 0.5) is 0 Å². The Morgan fingerprint density at radius 3 is 1.52 bits per heavy atom. The highest BCUT2D eigenvalue weighted by Gasteiger charge is 2.48. The highest BCUT2D eigenvalue weighted by molar-refractivity contribution is 5.88. The molecular formula is C34H42O22. The molecule has 3 fully saturated rings. The summed E-state index contributed by atoms with van der Waals surface area (Å²) >= 11 is 0. The smallest absolute Gasteiger partial charge is 0.239 e. The zero-order valence-electron chi connectivity index (χ0n) is 29.2. The monoisotopic (exact) mass is 802 g/mol. The lowest BCUT2D eigenvalue weighted by atomic mass is 9.99. The average molecular weight is 803 g/mol. The van der Waals surface area contributed by atoms with Crippen LogP contribution < -0.4 is 24.4 Å². The average Bonchev–Trinajstić information content (AvgIpc) is 3.19. The van der Waals surface area contributed by atoms with Gasteiger partial charge in [0.2, 0.25) is 30.0 Å². The zero-order chi connectivity index (χ0) is 40.7. The van der Waals surface area contributed by atoms with E-state index in [2.05, 4.69) is 0 Å². The molecule has 3 aromatic rings. The molecule has 13 N–H and O–H groups in total. The molecule has 22 nitrogen and oxygen atoms in total. The highest BCUT2D eigenvalue weighted by Crippen LogP contribution is 2.42. The number of aromatic hydroxyl groups is 1. The number of fused-ring (bicyclic) bond motifs is 1. The van der Waals surface area contributed by atoms with Crippen molar-refractivity contribution in [3.05, 3.63) is 40.6 Å². The standard InChI is InChI=1S/C34H42O22/c1-49-11-5-12(38)19-15(6-11)50-30(31(23(19)42)56-34-29(48)26(45)22(41)18(9-37)55-34)10-2-3-13(51-32-27(46)24(43)20(39)16(7-35)53-32)14(4-10)52-33-28(47)25(44)21(40)17(8-36)54-33/h2-6,16-18,20-22,24-29,32-41,43-48H,7-9H2,1H3. The van der Waals surface area contributed by atoms with Crippen LogP contribution in [0.2, 0.25) is 0 Å². The predicted octanol–water partition coefficient (Wildman–Crippen LogP) is -5.29. The van der Waals surface area contributed by atoms with Crippen molar-refractivity contribution in [1.29, 1.82) is 0 Å². The maximum Gasteiger partial charge on any atom is 0.239 e. The number of rotatable bonds is 11. The van der Waals surface area contributed by atoms with Gasteiger partial charge in [-0.2, -0.15) is 0 Å². The van der Waals surface area contributed by atoms with Crippen molar-refractivity contribution in [3.8, 4) is 40.1 Å². The van der Waals surface area contributed by atoms with Crippen molar-refractivity contribution in [2.24, 2.45) is 0 Å². The molecule has 310 valence electrons. The molecule has 15 unspecified atom stereocenters. The second kappa shape index (κ2) is 16.9. The number of phenols is 1. The van der Waals surface area contributed by atoms with Crippen molar-refractivity contribution in [2.45, 2.75) is 92.1 Å². The summed E-state index contributed by atoms with van der Waals surface area (Å²) < 4.78 is 45.0. The number of aliphatic hydroxyl groups excluding tert-OH is 12. The SMILES string of the molecule is COc1cc(O)c2c(=O)c(OC3OC(CO)C(O)C(O)C3O)c(-c3ccc(OC4OC(CO)C(O)C(O)C4O)c(OC4OC(CO)C(O)C(O)C4O)c3)oc2c1. The molecule has 2 aromatic carbocycles. The number of benzene rings is 2. The van der Waals surface area contributed by atoms with E-state index in [1.807, 2.05) is 0 Å². The minimum atomic E-state index is -2.01. The van der Waals surface area contributed by atoms with E-state index < -0.39 is 146 Å². The third kappa shape index (κ3) is 7.70. The van der Waals surface area contributed by atoms with Gasteiger partial charge in [-0.3, -0.25) is 4.79 Å². The molecule has 0 radical (unpaired) electrons. The van der Waals surface area contributed by atoms with Gasteiger partial charge in [-0.15, -0.1) is 0 Å². The minimum Gasteiger partial charge on any atom is -0.507 e. The summed E-state index contributed by atoms with van der Waals surface area (Å²) in [7, 11) is 1.27. The van der Waals surface area contributed by atoms with Gasteiger partial charge in [0, 0.05) is 17.7 Å². The van der Waals surface area contributed by atoms with Gasteiger partial charge >= 0.3 is 0 Å². The molecule has 0 amide bonds. The van der Waals surface area contributed by atoms with Gasteiger partial charge in [-0.25, -0.2) is 0 Å². The van der Waals surface area contributed by atoms with Crippen LogP contribution in [0.25, 0.3) is 22.3 Å². The van der Waals surface area contributed by atoms with Crippen LogP contribution in [-0.4, -0.2) is 185 Å². The largest absolute Gasteiger partial charge is 0.507 e. The number of ether oxygens (including phenoxy) is 7. The quantitative estimate of drug-likeness (QED) is 0.0861. The summed E-state index contributed by atoms with van der Waals surface area (Å²) in [6.07, 6.45) is -26.9. The highest BCUT2D eigenvalue weighted by atomic mass is 16.7. The Morgan fingerprint density at radius 1 is 0.589 bits per heavy atom. The third-order valence-electron chi connectivity index (χ3n) is 9.61. The first kappa shape index (κ1) is 41.7. The lowest BCUT2D eigenvalue weighted by molar-refractivity contribution is -0.282. The Kier molecular flexibility index (Phi) is 12.6. The molecule has 6 rings (SSSR count). The molecule has 3 aliphatic heterocycles. The molecule has 15 atom stereocenters. The molecular weight excluding hydrogens is 760 g/mol. The van der Waals surface area contributed by atoms with Crippen LogP contribution in [0.1, 0.15) is 0 Å². The fraction of sp³-hybridized carbons (Fsp3) is 0.559. The fourth-order valence-corrected chi connectivity index (χ4v) is 6.37. The molecule has 22 heteroatoms. The minimum absolute atomic E-state index is 0.0432. The molecule has 0 bridgehead atoms. The molecule has 56 heavy (non-hydrogen) atoms. The molecule has 3 aliphatic rings. The van der Waals surface area contributed by atoms with E-state index in [4.69, 9.17) is 37.6 Å². The first-order valence-electron chi connectivity index (χ1n) is 17.1. The number of methoxy groups -OCH3 is 1. The van der Waals surface area contributed by atoms with Crippen LogP contribution in [-0.2, 0) is 14.2 Å². The Balaban J connectivity index is 1.50. The van der Waals surface area contributed by atoms with Crippen LogP contribution in [0, 0.1) is 0 Å². The maximum atomic E-state index is 14.1. The van der Waals surface area contributed by atoms with Gasteiger partial charge in [-0.1, -0.05) is 0 Å². The number of hydrogen-bond donors (Lipinski definition) is 13. The second-order valence-electron chi connectivity index (χ2n) is 13.2. The van der Waals surface area contributed by atoms with Crippen LogP contribution in [0.5, 0.6) is 28.7 Å². The Bertz CT molecular complexity index is 1880. The van der Waals surface area contributed by atoms with Crippen molar-refractivity contribution in [2.75, 3.05) is 26.9 Å². The topological polar surface area (TPSA) is 358 Å². The Morgan fingerprint density at radius 2 is 1.05 bits per heavy atom. The second-order valence-corrected chi connectivity index (χ2v) is 13.2. The first-order valence-corrected chi connectivity index (χ1v) is 17.1. The van der Waals surface area contributed by atoms with E-state index >= 15 is 0 Å². The van der Waals surface area contributed by atoms with E-state index in [1.165, 1.54) is 19.2 Å². The Hall–Kier alpha value is -3.95. The maximum absolute atomic E-state index is 14.1. The van der Waals surface area contributed by atoms with Crippen molar-refractivity contribution in [3.63, 3.8) is 0 Å². The zero-order valence-corrected chi connectivity index (χ0v) is 29.2. The predicted molar refractivity (Wildman–Crippen MR) is 179 cm³/mol. The molecule has 0 saturated carbocycles. The van der Waals surface area contributed by atoms with E-state index in [-0.39, 0.29) is 22.6 Å². The van der Waals surface area contributed by atoms with Gasteiger partial charge in [0.05, 0.1) is 26.9 Å². The van der Waals surface area contributed by atoms with Gasteiger partial charge < -0.3 is 104 Å². The van der Waals surface area contributed by atoms with Crippen molar-refractivity contribution < 1.29 is 104 Å².